The van der Waals surface area contributed by atoms with Gasteiger partial charge in [-0.2, -0.15) is 19.6 Å². The van der Waals surface area contributed by atoms with Crippen molar-refractivity contribution in [1.82, 2.24) is 29.5 Å². The maximum Gasteiger partial charge on any atom is 0.573 e. The summed E-state index contributed by atoms with van der Waals surface area (Å²) in [6.45, 7) is 2.95. The van der Waals surface area contributed by atoms with E-state index in [-0.39, 0.29) is 41.0 Å². The molecule has 15 heteroatoms. The average Bonchev–Trinajstić information content (AvgIpc) is 3.32. The number of anilines is 2. The Hall–Kier alpha value is -4.40. The van der Waals surface area contributed by atoms with E-state index in [2.05, 4.69) is 40.1 Å². The van der Waals surface area contributed by atoms with Crippen molar-refractivity contribution < 1.29 is 27.8 Å². The van der Waals surface area contributed by atoms with Gasteiger partial charge in [-0.15, -0.1) is 13.2 Å². The molecule has 0 radical (unpaired) electrons. The van der Waals surface area contributed by atoms with Crippen molar-refractivity contribution >= 4 is 23.4 Å². The second kappa shape index (κ2) is 9.84. The topological polar surface area (TPSA) is 155 Å². The number of hydrogen-bond donors (Lipinski definition) is 4. The minimum Gasteiger partial charge on any atom is -0.493 e. The summed E-state index contributed by atoms with van der Waals surface area (Å²) < 4.78 is 48.3. The first kappa shape index (κ1) is 23.7. The SMILES string of the molecule is CCOCCN=c1nc(Nc2cccc(OC(F)(F)F)c2)nc2/c(=C/c3[nH]c(=O)[nH]c3O)cnn12. The maximum atomic E-state index is 12.6. The molecule has 0 unspecified atom stereocenters. The van der Waals surface area contributed by atoms with E-state index in [4.69, 9.17) is 4.74 Å². The van der Waals surface area contributed by atoms with Crippen LogP contribution in [0.4, 0.5) is 24.8 Å². The first-order valence-electron chi connectivity index (χ1n) is 10.2. The zero-order valence-corrected chi connectivity index (χ0v) is 18.1. The zero-order chi connectivity index (χ0) is 25.0. The van der Waals surface area contributed by atoms with Crippen LogP contribution in [0.3, 0.4) is 0 Å². The number of halogens is 3. The minimum atomic E-state index is -4.84. The van der Waals surface area contributed by atoms with E-state index in [0.29, 0.717) is 18.4 Å². The van der Waals surface area contributed by atoms with Gasteiger partial charge in [-0.05, 0) is 25.1 Å². The van der Waals surface area contributed by atoms with Crippen molar-refractivity contribution in [3.8, 4) is 11.6 Å². The van der Waals surface area contributed by atoms with E-state index in [9.17, 15) is 23.1 Å². The second-order valence-electron chi connectivity index (χ2n) is 6.95. The summed E-state index contributed by atoms with van der Waals surface area (Å²) in [5, 5.41) is 17.3. The van der Waals surface area contributed by atoms with Crippen LogP contribution in [0.2, 0.25) is 0 Å². The number of aromatic amines is 2. The molecule has 1 aromatic carbocycles. The van der Waals surface area contributed by atoms with Crippen LogP contribution in [-0.4, -0.2) is 60.8 Å². The van der Waals surface area contributed by atoms with E-state index >= 15 is 0 Å². The van der Waals surface area contributed by atoms with Gasteiger partial charge in [-0.25, -0.2) is 9.79 Å². The van der Waals surface area contributed by atoms with Crippen LogP contribution in [0.15, 0.2) is 40.2 Å². The van der Waals surface area contributed by atoms with Gasteiger partial charge in [0.2, 0.25) is 11.8 Å². The van der Waals surface area contributed by atoms with Crippen LogP contribution in [0, 0.1) is 0 Å². The molecule has 0 amide bonds. The number of hydrogen-bond acceptors (Lipinski definition) is 9. The molecule has 0 saturated carbocycles. The quantitative estimate of drug-likeness (QED) is 0.265. The third-order valence-electron chi connectivity index (χ3n) is 4.43. The molecular formula is C20H19F3N8O4. The van der Waals surface area contributed by atoms with Gasteiger partial charge >= 0.3 is 12.1 Å². The largest absolute Gasteiger partial charge is 0.573 e. The molecule has 4 aromatic rings. The highest BCUT2D eigenvalue weighted by atomic mass is 19.4. The number of ether oxygens (including phenoxy) is 2. The molecule has 0 fully saturated rings. The predicted octanol–water partition coefficient (Wildman–Crippen LogP) is 0.973. The highest BCUT2D eigenvalue weighted by Gasteiger charge is 2.31. The molecule has 184 valence electrons. The first-order chi connectivity index (χ1) is 16.7. The predicted molar refractivity (Wildman–Crippen MR) is 116 cm³/mol. The smallest absolute Gasteiger partial charge is 0.493 e. The molecule has 0 atom stereocenters. The molecule has 3 aromatic heterocycles. The van der Waals surface area contributed by atoms with Crippen LogP contribution in [0.1, 0.15) is 12.6 Å². The normalized spacial score (nSPS) is 13.0. The summed E-state index contributed by atoms with van der Waals surface area (Å²) in [4.78, 5) is 29.1. The van der Waals surface area contributed by atoms with Gasteiger partial charge < -0.3 is 24.9 Å². The molecule has 0 bridgehead atoms. The third-order valence-corrected chi connectivity index (χ3v) is 4.43. The Kier molecular flexibility index (Phi) is 6.68. The van der Waals surface area contributed by atoms with Gasteiger partial charge in [0, 0.05) is 23.6 Å². The van der Waals surface area contributed by atoms with Crippen molar-refractivity contribution in [2.45, 2.75) is 13.3 Å². The number of fused-ring (bicyclic) bond motifs is 1. The van der Waals surface area contributed by atoms with Crippen LogP contribution < -0.4 is 26.6 Å². The number of benzene rings is 1. The summed E-state index contributed by atoms with van der Waals surface area (Å²) in [6.07, 6.45) is -1.97. The fourth-order valence-corrected chi connectivity index (χ4v) is 3.04. The zero-order valence-electron chi connectivity index (χ0n) is 18.1. The lowest BCUT2D eigenvalue weighted by molar-refractivity contribution is -0.274. The monoisotopic (exact) mass is 492 g/mol. The molecule has 12 nitrogen and oxygen atoms in total. The summed E-state index contributed by atoms with van der Waals surface area (Å²) in [5.41, 5.74) is 0.127. The number of nitrogens with zero attached hydrogens (tertiary/aromatic N) is 5. The van der Waals surface area contributed by atoms with Crippen molar-refractivity contribution in [1.29, 1.82) is 0 Å². The van der Waals surface area contributed by atoms with Crippen LogP contribution >= 0.6 is 0 Å². The van der Waals surface area contributed by atoms with Gasteiger partial charge in [0.05, 0.1) is 19.3 Å². The molecule has 3 heterocycles. The van der Waals surface area contributed by atoms with E-state index < -0.39 is 17.8 Å². The van der Waals surface area contributed by atoms with Gasteiger partial charge in [0.25, 0.3) is 5.62 Å². The second-order valence-corrected chi connectivity index (χ2v) is 6.95. The number of aromatic nitrogens is 6. The van der Waals surface area contributed by atoms with Crippen LogP contribution in [0.5, 0.6) is 11.6 Å². The fraction of sp³-hybridized carbons (Fsp3) is 0.250. The van der Waals surface area contributed by atoms with Crippen molar-refractivity contribution in [3.05, 3.63) is 57.5 Å². The standard InChI is InChI=1S/C20H19F3N8O4/c1-2-34-7-6-24-18-30-17(26-12-4-3-5-13(9-12)35-20(21,22)23)28-15-11(10-25-31(15)18)8-14-16(32)29-19(33)27-14/h3-5,8-10,32H,2,6-7H2,1H3,(H,24,26,30)(H2,27,29,33)/b11-8+. The Bertz CT molecular complexity index is 1510. The molecule has 0 aliphatic carbocycles. The van der Waals surface area contributed by atoms with Gasteiger partial charge in [-0.1, -0.05) is 6.07 Å². The Labute approximate surface area is 193 Å². The summed E-state index contributed by atoms with van der Waals surface area (Å²) in [6, 6.07) is 5.18. The Morgan fingerprint density at radius 2 is 2.11 bits per heavy atom. The molecule has 0 saturated heterocycles. The van der Waals surface area contributed by atoms with Crippen LogP contribution in [-0.2, 0) is 4.74 Å². The van der Waals surface area contributed by atoms with Gasteiger partial charge in [0.1, 0.15) is 11.4 Å². The maximum absolute atomic E-state index is 12.6. The number of nitrogens with one attached hydrogen (secondary N) is 3. The lowest BCUT2D eigenvalue weighted by Gasteiger charge is -2.10. The first-order valence-corrected chi connectivity index (χ1v) is 10.2. The number of rotatable bonds is 8. The Balaban J connectivity index is 1.78. The molecular weight excluding hydrogens is 473 g/mol. The highest BCUT2D eigenvalue weighted by Crippen LogP contribution is 2.25. The minimum absolute atomic E-state index is 0.0127. The Morgan fingerprint density at radius 1 is 1.29 bits per heavy atom. The molecule has 0 aliphatic heterocycles. The van der Waals surface area contributed by atoms with E-state index in [0.717, 1.165) is 12.1 Å². The van der Waals surface area contributed by atoms with Crippen molar-refractivity contribution in [3.63, 3.8) is 0 Å². The molecule has 4 N–H and O–H groups in total. The lowest BCUT2D eigenvalue weighted by Crippen LogP contribution is -2.24. The molecule has 35 heavy (non-hydrogen) atoms. The molecule has 0 spiro atoms. The molecule has 0 aliphatic rings. The van der Waals surface area contributed by atoms with Crippen molar-refractivity contribution in [2.24, 2.45) is 4.99 Å². The highest BCUT2D eigenvalue weighted by molar-refractivity contribution is 5.60. The molecule has 4 rings (SSSR count). The van der Waals surface area contributed by atoms with Crippen LogP contribution in [0.25, 0.3) is 11.7 Å². The van der Waals surface area contributed by atoms with E-state index in [1.165, 1.54) is 28.9 Å². The number of alkyl halides is 3. The number of H-pyrrole nitrogens is 2. The van der Waals surface area contributed by atoms with Gasteiger partial charge in [-0.3, -0.25) is 4.98 Å². The van der Waals surface area contributed by atoms with E-state index in [1.807, 2.05) is 6.92 Å². The lowest BCUT2D eigenvalue weighted by atomic mass is 10.3. The summed E-state index contributed by atoms with van der Waals surface area (Å²) in [5.74, 6) is -0.779. The van der Waals surface area contributed by atoms with E-state index in [1.54, 1.807) is 0 Å². The van der Waals surface area contributed by atoms with Crippen molar-refractivity contribution in [2.75, 3.05) is 25.1 Å². The average molecular weight is 492 g/mol. The Morgan fingerprint density at radius 3 is 2.83 bits per heavy atom. The van der Waals surface area contributed by atoms with Gasteiger partial charge in [0.15, 0.2) is 5.65 Å². The number of imidazole rings is 1. The fourth-order valence-electron chi connectivity index (χ4n) is 3.04. The summed E-state index contributed by atoms with van der Waals surface area (Å²) in [7, 11) is 0. The summed E-state index contributed by atoms with van der Waals surface area (Å²) >= 11 is 0. The third kappa shape index (κ3) is 5.94. The number of aromatic hydroxyl groups is 1.